The summed E-state index contributed by atoms with van der Waals surface area (Å²) in [6, 6.07) is 11.9. The van der Waals surface area contributed by atoms with Crippen LogP contribution in [0.3, 0.4) is 0 Å². The van der Waals surface area contributed by atoms with Crippen molar-refractivity contribution in [3.8, 4) is 5.75 Å². The number of imide groups is 1. The van der Waals surface area contributed by atoms with E-state index >= 15 is 0 Å². The van der Waals surface area contributed by atoms with E-state index in [-0.39, 0.29) is 12.2 Å². The van der Waals surface area contributed by atoms with Crippen LogP contribution in [0.1, 0.15) is 0 Å². The Morgan fingerprint density at radius 3 is 2.39 bits per heavy atom. The molecule has 0 unspecified atom stereocenters. The van der Waals surface area contributed by atoms with Crippen LogP contribution in [-0.2, 0) is 4.79 Å². The number of hydrogen-bond donors (Lipinski definition) is 3. The predicted molar refractivity (Wildman–Crippen MR) is 85.0 cm³/mol. The van der Waals surface area contributed by atoms with E-state index in [4.69, 9.17) is 4.74 Å². The second kappa shape index (κ2) is 7.79. The molecule has 3 N–H and O–H groups in total. The summed E-state index contributed by atoms with van der Waals surface area (Å²) in [7, 11) is 1.52. The van der Waals surface area contributed by atoms with Crippen molar-refractivity contribution >= 4 is 23.3 Å². The van der Waals surface area contributed by atoms with E-state index in [1.165, 1.54) is 25.3 Å². The van der Waals surface area contributed by atoms with Gasteiger partial charge in [-0.3, -0.25) is 10.1 Å². The number of urea groups is 1. The number of carbonyl (C=O) groups excluding carboxylic acids is 2. The maximum Gasteiger partial charge on any atom is 0.326 e. The molecule has 0 atom stereocenters. The first-order chi connectivity index (χ1) is 11.1. The molecule has 0 fully saturated rings. The number of carbonyl (C=O) groups is 2. The van der Waals surface area contributed by atoms with Crippen molar-refractivity contribution < 1.29 is 18.7 Å². The zero-order valence-electron chi connectivity index (χ0n) is 12.4. The summed E-state index contributed by atoms with van der Waals surface area (Å²) in [6.07, 6.45) is 0. The van der Waals surface area contributed by atoms with Crippen molar-refractivity contribution in [1.82, 2.24) is 5.32 Å². The molecule has 0 saturated carbocycles. The molecule has 23 heavy (non-hydrogen) atoms. The van der Waals surface area contributed by atoms with Crippen LogP contribution in [-0.4, -0.2) is 25.6 Å². The number of nitrogens with one attached hydrogen (secondary N) is 3. The number of para-hydroxylation sites is 3. The van der Waals surface area contributed by atoms with Gasteiger partial charge in [0.05, 0.1) is 25.0 Å². The number of hydrogen-bond acceptors (Lipinski definition) is 4. The fraction of sp³-hybridized carbons (Fsp3) is 0.125. The quantitative estimate of drug-likeness (QED) is 0.792. The third kappa shape index (κ3) is 4.70. The minimum absolute atomic E-state index is 0.00418. The summed E-state index contributed by atoms with van der Waals surface area (Å²) in [6.45, 7) is -0.134. The van der Waals surface area contributed by atoms with Crippen LogP contribution in [0.4, 0.5) is 20.6 Å². The topological polar surface area (TPSA) is 79.5 Å². The number of ether oxygens (including phenoxy) is 1. The first-order valence-electron chi connectivity index (χ1n) is 6.82. The van der Waals surface area contributed by atoms with Gasteiger partial charge in [-0.2, -0.15) is 0 Å². The minimum atomic E-state index is -0.804. The first kappa shape index (κ1) is 16.3. The van der Waals surface area contributed by atoms with E-state index in [1.807, 2.05) is 0 Å². The third-order valence-electron chi connectivity index (χ3n) is 2.92. The van der Waals surface area contributed by atoms with Crippen molar-refractivity contribution in [2.24, 2.45) is 0 Å². The molecule has 0 aliphatic carbocycles. The van der Waals surface area contributed by atoms with Crippen LogP contribution in [0.25, 0.3) is 0 Å². The fourth-order valence-corrected chi connectivity index (χ4v) is 1.85. The molecule has 0 aliphatic heterocycles. The summed E-state index contributed by atoms with van der Waals surface area (Å²) >= 11 is 0. The lowest BCUT2D eigenvalue weighted by Crippen LogP contribution is -2.38. The molecule has 120 valence electrons. The van der Waals surface area contributed by atoms with E-state index in [1.54, 1.807) is 30.3 Å². The Kier molecular flexibility index (Phi) is 5.51. The fourth-order valence-electron chi connectivity index (χ4n) is 1.85. The van der Waals surface area contributed by atoms with E-state index < -0.39 is 17.8 Å². The Bertz CT molecular complexity index is 706. The zero-order chi connectivity index (χ0) is 16.7. The molecule has 0 aliphatic rings. The second-order valence-corrected chi connectivity index (χ2v) is 4.54. The van der Waals surface area contributed by atoms with Gasteiger partial charge in [-0.25, -0.2) is 9.18 Å². The number of halogens is 1. The molecule has 2 aromatic rings. The predicted octanol–water partition coefficient (Wildman–Crippen LogP) is 2.59. The molecular formula is C16H16FN3O3. The average molecular weight is 317 g/mol. The molecule has 2 aromatic carbocycles. The maximum absolute atomic E-state index is 13.4. The van der Waals surface area contributed by atoms with Crippen LogP contribution >= 0.6 is 0 Å². The lowest BCUT2D eigenvalue weighted by atomic mass is 10.3. The average Bonchev–Trinajstić information content (AvgIpc) is 2.55. The molecule has 2 rings (SSSR count). The van der Waals surface area contributed by atoms with Crippen molar-refractivity contribution in [3.63, 3.8) is 0 Å². The van der Waals surface area contributed by atoms with Gasteiger partial charge in [0.2, 0.25) is 5.91 Å². The SMILES string of the molecule is COc1ccccc1NCC(=O)NC(=O)Nc1ccccc1F. The Morgan fingerprint density at radius 1 is 1.04 bits per heavy atom. The summed E-state index contributed by atoms with van der Waals surface area (Å²) < 4.78 is 18.5. The van der Waals surface area contributed by atoms with Crippen LogP contribution < -0.4 is 20.7 Å². The molecule has 7 heteroatoms. The Balaban J connectivity index is 1.85. The minimum Gasteiger partial charge on any atom is -0.495 e. The number of benzene rings is 2. The second-order valence-electron chi connectivity index (χ2n) is 4.54. The van der Waals surface area contributed by atoms with E-state index in [0.29, 0.717) is 11.4 Å². The molecule has 0 radical (unpaired) electrons. The number of methoxy groups -OCH3 is 1. The highest BCUT2D eigenvalue weighted by Gasteiger charge is 2.10. The van der Waals surface area contributed by atoms with Crippen molar-refractivity contribution in [2.75, 3.05) is 24.3 Å². The van der Waals surface area contributed by atoms with Gasteiger partial charge in [0.1, 0.15) is 11.6 Å². The summed E-state index contributed by atoms with van der Waals surface area (Å²) in [4.78, 5) is 23.4. The highest BCUT2D eigenvalue weighted by molar-refractivity contribution is 6.02. The zero-order valence-corrected chi connectivity index (χ0v) is 12.4. The molecule has 6 nitrogen and oxygen atoms in total. The first-order valence-corrected chi connectivity index (χ1v) is 6.82. The molecule has 0 spiro atoms. The van der Waals surface area contributed by atoms with Gasteiger partial charge < -0.3 is 15.4 Å². The Hall–Kier alpha value is -3.09. The van der Waals surface area contributed by atoms with E-state index in [9.17, 15) is 14.0 Å². The number of rotatable bonds is 5. The van der Waals surface area contributed by atoms with Crippen molar-refractivity contribution in [1.29, 1.82) is 0 Å². The lowest BCUT2D eigenvalue weighted by Gasteiger charge is -2.11. The lowest BCUT2D eigenvalue weighted by molar-refractivity contribution is -0.118. The van der Waals surface area contributed by atoms with Gasteiger partial charge in [-0.1, -0.05) is 24.3 Å². The van der Waals surface area contributed by atoms with Crippen LogP contribution in [0, 0.1) is 5.82 Å². The van der Waals surface area contributed by atoms with Gasteiger partial charge in [0.15, 0.2) is 0 Å². The van der Waals surface area contributed by atoms with Crippen LogP contribution in [0.2, 0.25) is 0 Å². The van der Waals surface area contributed by atoms with Gasteiger partial charge in [-0.15, -0.1) is 0 Å². The largest absolute Gasteiger partial charge is 0.495 e. The monoisotopic (exact) mass is 317 g/mol. The molecule has 3 amide bonds. The summed E-state index contributed by atoms with van der Waals surface area (Å²) in [5.41, 5.74) is 0.621. The van der Waals surface area contributed by atoms with Crippen molar-refractivity contribution in [3.05, 3.63) is 54.3 Å². The molecule has 0 aromatic heterocycles. The summed E-state index contributed by atoms with van der Waals surface area (Å²) in [5, 5.41) is 7.22. The maximum atomic E-state index is 13.4. The molecule has 0 heterocycles. The van der Waals surface area contributed by atoms with E-state index in [0.717, 1.165) is 0 Å². The van der Waals surface area contributed by atoms with Gasteiger partial charge in [0, 0.05) is 0 Å². The Labute approximate surface area is 132 Å². The number of anilines is 2. The smallest absolute Gasteiger partial charge is 0.326 e. The molecule has 0 bridgehead atoms. The molecular weight excluding hydrogens is 301 g/mol. The summed E-state index contributed by atoms with van der Waals surface area (Å²) in [5.74, 6) is -0.567. The standard InChI is InChI=1S/C16H16FN3O3/c1-23-14-9-5-4-8-13(14)18-10-15(21)20-16(22)19-12-7-3-2-6-11(12)17/h2-9,18H,10H2,1H3,(H2,19,20,21,22). The third-order valence-corrected chi connectivity index (χ3v) is 2.92. The highest BCUT2D eigenvalue weighted by atomic mass is 19.1. The Morgan fingerprint density at radius 2 is 1.70 bits per heavy atom. The number of amides is 3. The van der Waals surface area contributed by atoms with Crippen molar-refractivity contribution in [2.45, 2.75) is 0 Å². The highest BCUT2D eigenvalue weighted by Crippen LogP contribution is 2.22. The normalized spacial score (nSPS) is 9.83. The van der Waals surface area contributed by atoms with Crippen LogP contribution in [0.15, 0.2) is 48.5 Å². The van der Waals surface area contributed by atoms with Gasteiger partial charge in [-0.05, 0) is 24.3 Å². The van der Waals surface area contributed by atoms with Gasteiger partial charge in [0.25, 0.3) is 0 Å². The van der Waals surface area contributed by atoms with Crippen LogP contribution in [0.5, 0.6) is 5.75 Å². The van der Waals surface area contributed by atoms with E-state index in [2.05, 4.69) is 16.0 Å². The van der Waals surface area contributed by atoms with Gasteiger partial charge >= 0.3 is 6.03 Å². The molecule has 0 saturated heterocycles.